The number of methoxy groups -OCH3 is 1. The average Bonchev–Trinajstić information content (AvgIpc) is 2.39. The van der Waals surface area contributed by atoms with Gasteiger partial charge in [-0.05, 0) is 12.8 Å². The molecule has 2 atom stereocenters. The van der Waals surface area contributed by atoms with Gasteiger partial charge in [0.05, 0.1) is 13.7 Å². The van der Waals surface area contributed by atoms with Crippen LogP contribution in [0.4, 0.5) is 0 Å². The van der Waals surface area contributed by atoms with E-state index in [1.54, 1.807) is 0 Å². The molecule has 0 aliphatic rings. The Morgan fingerprint density at radius 2 is 2.05 bits per heavy atom. The number of ether oxygens (including phenoxy) is 1. The second kappa shape index (κ2) is 9.11. The van der Waals surface area contributed by atoms with E-state index >= 15 is 0 Å². The SMILES string of the molecule is COC(=O)C(CCCN=C(N)N)NC(=O)[C@@H](N)CO. The molecule has 0 spiro atoms. The van der Waals surface area contributed by atoms with Crippen LogP contribution in [0.3, 0.4) is 0 Å². The van der Waals surface area contributed by atoms with Crippen LogP contribution in [0.2, 0.25) is 0 Å². The smallest absolute Gasteiger partial charge is 0.328 e. The number of aliphatic hydroxyl groups excluding tert-OH is 1. The molecule has 0 bridgehead atoms. The Morgan fingerprint density at radius 1 is 1.42 bits per heavy atom. The molecule has 8 N–H and O–H groups in total. The number of nitrogens with two attached hydrogens (primary N) is 3. The largest absolute Gasteiger partial charge is 0.467 e. The van der Waals surface area contributed by atoms with Crippen LogP contribution in [0.5, 0.6) is 0 Å². The van der Waals surface area contributed by atoms with E-state index in [1.807, 2.05) is 0 Å². The van der Waals surface area contributed by atoms with Gasteiger partial charge in [-0.3, -0.25) is 9.79 Å². The van der Waals surface area contributed by atoms with Crippen LogP contribution in [0.1, 0.15) is 12.8 Å². The maximum Gasteiger partial charge on any atom is 0.328 e. The average molecular weight is 275 g/mol. The standard InChI is InChI=1S/C10H21N5O4/c1-19-9(18)7(3-2-4-14-10(12)13)15-8(17)6(11)5-16/h6-7,16H,2-5,11H2,1H3,(H,15,17)(H4,12,13,14)/t6-,7?/m0/s1. The number of aliphatic imine (C=N–C) groups is 1. The van der Waals surface area contributed by atoms with Crippen LogP contribution in [-0.4, -0.2) is 55.3 Å². The summed E-state index contributed by atoms with van der Waals surface area (Å²) >= 11 is 0. The zero-order chi connectivity index (χ0) is 14.8. The first-order valence-corrected chi connectivity index (χ1v) is 5.72. The minimum absolute atomic E-state index is 0.0408. The van der Waals surface area contributed by atoms with Crippen molar-refractivity contribution in [1.29, 1.82) is 0 Å². The van der Waals surface area contributed by atoms with Crippen LogP contribution in [0.25, 0.3) is 0 Å². The molecule has 0 fully saturated rings. The summed E-state index contributed by atoms with van der Waals surface area (Å²) in [7, 11) is 1.21. The number of aliphatic hydroxyl groups is 1. The minimum atomic E-state index is -1.08. The summed E-state index contributed by atoms with van der Waals surface area (Å²) in [6.07, 6.45) is 0.777. The van der Waals surface area contributed by atoms with Crippen molar-refractivity contribution in [3.8, 4) is 0 Å². The number of rotatable bonds is 8. The molecule has 1 amide bonds. The molecule has 0 aliphatic carbocycles. The minimum Gasteiger partial charge on any atom is -0.467 e. The highest BCUT2D eigenvalue weighted by Gasteiger charge is 2.23. The number of nitrogens with zero attached hydrogens (tertiary/aromatic N) is 1. The van der Waals surface area contributed by atoms with Crippen LogP contribution in [0.15, 0.2) is 4.99 Å². The fourth-order valence-electron chi connectivity index (χ4n) is 1.26. The fourth-order valence-corrected chi connectivity index (χ4v) is 1.26. The Balaban J connectivity index is 4.36. The predicted octanol–water partition coefficient (Wildman–Crippen LogP) is -2.98. The van der Waals surface area contributed by atoms with Gasteiger partial charge in [-0.15, -0.1) is 0 Å². The Labute approximate surface area is 111 Å². The van der Waals surface area contributed by atoms with Crippen molar-refractivity contribution in [2.45, 2.75) is 24.9 Å². The van der Waals surface area contributed by atoms with Crippen molar-refractivity contribution in [3.05, 3.63) is 0 Å². The third-order valence-corrected chi connectivity index (χ3v) is 2.28. The van der Waals surface area contributed by atoms with Crippen LogP contribution in [-0.2, 0) is 14.3 Å². The maximum atomic E-state index is 11.5. The quantitative estimate of drug-likeness (QED) is 0.136. The molecule has 0 aromatic carbocycles. The van der Waals surface area contributed by atoms with E-state index in [-0.39, 0.29) is 5.96 Å². The molecule has 0 heterocycles. The summed E-state index contributed by atoms with van der Waals surface area (Å²) in [6, 6.07) is -1.92. The summed E-state index contributed by atoms with van der Waals surface area (Å²) in [5.74, 6) is -1.26. The number of carbonyl (C=O) groups excluding carboxylic acids is 2. The molecule has 0 rings (SSSR count). The molecule has 19 heavy (non-hydrogen) atoms. The number of guanidine groups is 1. The topological polar surface area (TPSA) is 166 Å². The van der Waals surface area contributed by atoms with Crippen LogP contribution < -0.4 is 22.5 Å². The highest BCUT2D eigenvalue weighted by Crippen LogP contribution is 2.01. The van der Waals surface area contributed by atoms with Gasteiger partial charge in [0.15, 0.2) is 5.96 Å². The molecule has 110 valence electrons. The molecular weight excluding hydrogens is 254 g/mol. The van der Waals surface area contributed by atoms with Crippen molar-refractivity contribution in [2.24, 2.45) is 22.2 Å². The summed E-state index contributed by atoms with van der Waals surface area (Å²) < 4.78 is 4.56. The van der Waals surface area contributed by atoms with E-state index in [0.717, 1.165) is 0 Å². The lowest BCUT2D eigenvalue weighted by atomic mass is 10.1. The van der Waals surface area contributed by atoms with Crippen LogP contribution >= 0.6 is 0 Å². The van der Waals surface area contributed by atoms with Crippen molar-refractivity contribution in [2.75, 3.05) is 20.3 Å². The van der Waals surface area contributed by atoms with Gasteiger partial charge in [0.1, 0.15) is 12.1 Å². The number of hydrogen-bond acceptors (Lipinski definition) is 6. The van der Waals surface area contributed by atoms with E-state index in [1.165, 1.54) is 7.11 Å². The van der Waals surface area contributed by atoms with Gasteiger partial charge in [-0.1, -0.05) is 0 Å². The summed E-state index contributed by atoms with van der Waals surface area (Å²) in [5.41, 5.74) is 15.6. The molecule has 1 unspecified atom stereocenters. The Bertz CT molecular complexity index is 330. The van der Waals surface area contributed by atoms with E-state index < -0.39 is 30.6 Å². The lowest BCUT2D eigenvalue weighted by molar-refractivity contribution is -0.145. The molecule has 9 nitrogen and oxygen atoms in total. The maximum absolute atomic E-state index is 11.5. The molecule has 9 heteroatoms. The van der Waals surface area contributed by atoms with Gasteiger partial charge >= 0.3 is 5.97 Å². The number of hydrogen-bond donors (Lipinski definition) is 5. The Morgan fingerprint density at radius 3 is 2.53 bits per heavy atom. The first-order chi connectivity index (χ1) is 8.92. The van der Waals surface area contributed by atoms with Gasteiger partial charge in [0.25, 0.3) is 0 Å². The highest BCUT2D eigenvalue weighted by atomic mass is 16.5. The second-order valence-electron chi connectivity index (χ2n) is 3.82. The van der Waals surface area contributed by atoms with Gasteiger partial charge in [-0.25, -0.2) is 4.79 Å². The van der Waals surface area contributed by atoms with Gasteiger partial charge in [-0.2, -0.15) is 0 Å². The van der Waals surface area contributed by atoms with Crippen molar-refractivity contribution >= 4 is 17.8 Å². The second-order valence-corrected chi connectivity index (χ2v) is 3.82. The molecule has 0 aromatic heterocycles. The van der Waals surface area contributed by atoms with Gasteiger partial charge in [0.2, 0.25) is 5.91 Å². The van der Waals surface area contributed by atoms with Crippen molar-refractivity contribution < 1.29 is 19.4 Å². The van der Waals surface area contributed by atoms with E-state index in [2.05, 4.69) is 15.0 Å². The predicted molar refractivity (Wildman–Crippen MR) is 68.9 cm³/mol. The first kappa shape index (κ1) is 17.1. The lowest BCUT2D eigenvalue weighted by Crippen LogP contribution is -2.50. The van der Waals surface area contributed by atoms with Crippen molar-refractivity contribution in [1.82, 2.24) is 5.32 Å². The van der Waals surface area contributed by atoms with E-state index in [9.17, 15) is 9.59 Å². The molecular formula is C10H21N5O4. The van der Waals surface area contributed by atoms with Gasteiger partial charge < -0.3 is 32.4 Å². The molecule has 0 saturated carbocycles. The summed E-state index contributed by atoms with van der Waals surface area (Å²) in [5, 5.41) is 11.1. The fraction of sp³-hybridized carbons (Fsp3) is 0.700. The normalized spacial score (nSPS) is 13.2. The lowest BCUT2D eigenvalue weighted by Gasteiger charge is -2.18. The van der Waals surface area contributed by atoms with Crippen molar-refractivity contribution in [3.63, 3.8) is 0 Å². The monoisotopic (exact) mass is 275 g/mol. The number of nitrogens with one attached hydrogen (secondary N) is 1. The third-order valence-electron chi connectivity index (χ3n) is 2.28. The molecule has 0 radical (unpaired) electrons. The number of esters is 1. The van der Waals surface area contributed by atoms with Crippen LogP contribution in [0, 0.1) is 0 Å². The zero-order valence-electron chi connectivity index (χ0n) is 10.8. The first-order valence-electron chi connectivity index (χ1n) is 5.72. The Hall–Kier alpha value is -1.87. The number of amides is 1. The molecule has 0 saturated heterocycles. The molecule has 0 aliphatic heterocycles. The third kappa shape index (κ3) is 7.21. The summed E-state index contributed by atoms with van der Waals surface area (Å²) in [6.45, 7) is -0.175. The van der Waals surface area contributed by atoms with Gasteiger partial charge in [0, 0.05) is 6.54 Å². The Kier molecular flexibility index (Phi) is 8.22. The molecule has 0 aromatic rings. The van der Waals surface area contributed by atoms with E-state index in [0.29, 0.717) is 19.4 Å². The zero-order valence-corrected chi connectivity index (χ0v) is 10.8. The number of carbonyl (C=O) groups is 2. The highest BCUT2D eigenvalue weighted by molar-refractivity contribution is 5.87. The summed E-state index contributed by atoms with van der Waals surface area (Å²) in [4.78, 5) is 26.7. The van der Waals surface area contributed by atoms with E-state index in [4.69, 9.17) is 22.3 Å².